The fourth-order valence-electron chi connectivity index (χ4n) is 2.32. The number of nitrogens with one attached hydrogen (secondary N) is 1. The van der Waals surface area contributed by atoms with E-state index in [2.05, 4.69) is 5.32 Å². The molecule has 29 heavy (non-hydrogen) atoms. The van der Waals surface area contributed by atoms with E-state index in [4.69, 9.17) is 9.47 Å². The summed E-state index contributed by atoms with van der Waals surface area (Å²) in [6.45, 7) is 1.32. The molecule has 2 aromatic carbocycles. The zero-order valence-electron chi connectivity index (χ0n) is 15.5. The summed E-state index contributed by atoms with van der Waals surface area (Å²) in [5.74, 6) is -3.57. The molecular formula is C20H19F2NO6. The standard InChI is InChI=1S/C20H19F2NO6/c1-2-28-18-9-12(3-6-17(18)25)16(24)7-8-20(27)29-11-19(26)23-15-10-13(21)4-5-14(15)22/h3-6,9-10,25H,2,7-8,11H2,1H3,(H,23,26). The van der Waals surface area contributed by atoms with E-state index in [1.807, 2.05) is 0 Å². The number of ketones is 1. The number of rotatable bonds is 9. The molecule has 0 aliphatic carbocycles. The molecule has 154 valence electrons. The average molecular weight is 407 g/mol. The van der Waals surface area contributed by atoms with Crippen molar-refractivity contribution >= 4 is 23.3 Å². The molecule has 0 radical (unpaired) electrons. The van der Waals surface area contributed by atoms with E-state index >= 15 is 0 Å². The molecule has 2 N–H and O–H groups in total. The van der Waals surface area contributed by atoms with Crippen LogP contribution in [0.5, 0.6) is 11.5 Å². The van der Waals surface area contributed by atoms with Crippen molar-refractivity contribution in [2.45, 2.75) is 19.8 Å². The lowest BCUT2D eigenvalue weighted by Crippen LogP contribution is -2.21. The number of phenols is 1. The number of carbonyl (C=O) groups excluding carboxylic acids is 3. The highest BCUT2D eigenvalue weighted by Gasteiger charge is 2.15. The summed E-state index contributed by atoms with van der Waals surface area (Å²) in [7, 11) is 0. The molecular weight excluding hydrogens is 388 g/mol. The number of Topliss-reactive ketones (excluding diaryl/α,β-unsaturated/α-hetero) is 1. The van der Waals surface area contributed by atoms with Crippen LogP contribution in [0.2, 0.25) is 0 Å². The summed E-state index contributed by atoms with van der Waals surface area (Å²) in [6.07, 6.45) is -0.472. The number of esters is 1. The predicted octanol–water partition coefficient (Wildman–Crippen LogP) is 3.21. The lowest BCUT2D eigenvalue weighted by molar-refractivity contribution is -0.147. The van der Waals surface area contributed by atoms with Crippen LogP contribution in [0.3, 0.4) is 0 Å². The summed E-state index contributed by atoms with van der Waals surface area (Å²) < 4.78 is 36.4. The van der Waals surface area contributed by atoms with E-state index in [1.54, 1.807) is 6.92 Å². The van der Waals surface area contributed by atoms with Crippen molar-refractivity contribution < 1.29 is 37.7 Å². The number of aromatic hydroxyl groups is 1. The normalized spacial score (nSPS) is 10.3. The first-order chi connectivity index (χ1) is 13.8. The molecule has 0 aromatic heterocycles. The van der Waals surface area contributed by atoms with Gasteiger partial charge in [-0.05, 0) is 37.3 Å². The fourth-order valence-corrected chi connectivity index (χ4v) is 2.32. The van der Waals surface area contributed by atoms with E-state index in [0.717, 1.165) is 18.2 Å². The van der Waals surface area contributed by atoms with Gasteiger partial charge in [-0.15, -0.1) is 0 Å². The first-order valence-electron chi connectivity index (χ1n) is 8.69. The highest BCUT2D eigenvalue weighted by atomic mass is 19.1. The number of halogens is 2. The van der Waals surface area contributed by atoms with E-state index in [-0.39, 0.29) is 41.4 Å². The minimum absolute atomic E-state index is 0.108. The SMILES string of the molecule is CCOc1cc(C(=O)CCC(=O)OCC(=O)Nc2cc(F)ccc2F)ccc1O. The minimum atomic E-state index is -0.853. The number of carbonyl (C=O) groups is 3. The quantitative estimate of drug-likeness (QED) is 0.489. The van der Waals surface area contributed by atoms with Gasteiger partial charge in [0, 0.05) is 18.1 Å². The number of benzene rings is 2. The molecule has 0 unspecified atom stereocenters. The topological polar surface area (TPSA) is 102 Å². The molecule has 0 bridgehead atoms. The second kappa shape index (κ2) is 10.2. The molecule has 0 aliphatic rings. The maximum absolute atomic E-state index is 13.5. The third-order valence-electron chi connectivity index (χ3n) is 3.70. The molecule has 2 rings (SSSR count). The molecule has 7 nitrogen and oxygen atoms in total. The maximum atomic E-state index is 13.5. The average Bonchev–Trinajstić information content (AvgIpc) is 2.69. The zero-order valence-corrected chi connectivity index (χ0v) is 15.5. The second-order valence-electron chi connectivity index (χ2n) is 5.87. The van der Waals surface area contributed by atoms with Gasteiger partial charge in [-0.3, -0.25) is 14.4 Å². The summed E-state index contributed by atoms with van der Waals surface area (Å²) in [5, 5.41) is 11.7. The van der Waals surface area contributed by atoms with Crippen LogP contribution in [-0.4, -0.2) is 36.0 Å². The van der Waals surface area contributed by atoms with Crippen LogP contribution in [0.15, 0.2) is 36.4 Å². The van der Waals surface area contributed by atoms with Crippen LogP contribution in [0.1, 0.15) is 30.1 Å². The molecule has 1 amide bonds. The summed E-state index contributed by atoms with van der Waals surface area (Å²) in [6, 6.07) is 6.62. The summed E-state index contributed by atoms with van der Waals surface area (Å²) in [5.41, 5.74) is -0.128. The van der Waals surface area contributed by atoms with Gasteiger partial charge in [0.1, 0.15) is 11.6 Å². The lowest BCUT2D eigenvalue weighted by atomic mass is 10.1. The minimum Gasteiger partial charge on any atom is -0.504 e. The number of amides is 1. The van der Waals surface area contributed by atoms with Gasteiger partial charge in [-0.25, -0.2) is 8.78 Å². The van der Waals surface area contributed by atoms with Crippen molar-refractivity contribution in [3.63, 3.8) is 0 Å². The Labute approximate surface area is 165 Å². The van der Waals surface area contributed by atoms with Crippen LogP contribution in [0, 0.1) is 11.6 Å². The van der Waals surface area contributed by atoms with Crippen LogP contribution in [0.25, 0.3) is 0 Å². The summed E-state index contributed by atoms with van der Waals surface area (Å²) in [4.78, 5) is 35.6. The lowest BCUT2D eigenvalue weighted by Gasteiger charge is -2.09. The van der Waals surface area contributed by atoms with Crippen molar-refractivity contribution in [3.05, 3.63) is 53.6 Å². The first kappa shape index (κ1) is 21.8. The second-order valence-corrected chi connectivity index (χ2v) is 5.87. The van der Waals surface area contributed by atoms with Gasteiger partial charge >= 0.3 is 5.97 Å². The number of hydrogen-bond acceptors (Lipinski definition) is 6. The molecule has 9 heteroatoms. The Kier molecular flexibility index (Phi) is 7.64. The number of ether oxygens (including phenoxy) is 2. The van der Waals surface area contributed by atoms with Crippen molar-refractivity contribution in [2.24, 2.45) is 0 Å². The predicted molar refractivity (Wildman–Crippen MR) is 98.8 cm³/mol. The molecule has 0 spiro atoms. The largest absolute Gasteiger partial charge is 0.504 e. The number of hydrogen-bond donors (Lipinski definition) is 2. The Morgan fingerprint density at radius 2 is 1.83 bits per heavy atom. The Bertz CT molecular complexity index is 916. The van der Waals surface area contributed by atoms with Crippen LogP contribution in [0.4, 0.5) is 14.5 Å². The third-order valence-corrected chi connectivity index (χ3v) is 3.70. The molecule has 0 fully saturated rings. The van der Waals surface area contributed by atoms with E-state index < -0.39 is 30.1 Å². The van der Waals surface area contributed by atoms with Crippen LogP contribution < -0.4 is 10.1 Å². The van der Waals surface area contributed by atoms with Crippen molar-refractivity contribution in [2.75, 3.05) is 18.5 Å². The molecule has 0 atom stereocenters. The van der Waals surface area contributed by atoms with Crippen LogP contribution in [-0.2, 0) is 14.3 Å². The Hall–Kier alpha value is -3.49. The highest BCUT2D eigenvalue weighted by Crippen LogP contribution is 2.27. The zero-order chi connectivity index (χ0) is 21.4. The van der Waals surface area contributed by atoms with E-state index in [9.17, 15) is 28.3 Å². The van der Waals surface area contributed by atoms with Gasteiger partial charge in [0.05, 0.1) is 18.7 Å². The van der Waals surface area contributed by atoms with Crippen molar-refractivity contribution in [3.8, 4) is 11.5 Å². The smallest absolute Gasteiger partial charge is 0.306 e. The molecule has 0 saturated heterocycles. The van der Waals surface area contributed by atoms with E-state index in [1.165, 1.54) is 18.2 Å². The van der Waals surface area contributed by atoms with Gasteiger partial charge in [0.2, 0.25) is 0 Å². The Morgan fingerprint density at radius 1 is 1.07 bits per heavy atom. The highest BCUT2D eigenvalue weighted by molar-refractivity contribution is 5.98. The van der Waals surface area contributed by atoms with Gasteiger partial charge in [0.25, 0.3) is 5.91 Å². The van der Waals surface area contributed by atoms with Gasteiger partial charge < -0.3 is 19.9 Å². The van der Waals surface area contributed by atoms with Gasteiger partial charge in [-0.1, -0.05) is 0 Å². The molecule has 0 saturated carbocycles. The molecule has 0 aliphatic heterocycles. The summed E-state index contributed by atoms with van der Waals surface area (Å²) >= 11 is 0. The van der Waals surface area contributed by atoms with Gasteiger partial charge in [-0.2, -0.15) is 0 Å². The molecule has 0 heterocycles. The Morgan fingerprint density at radius 3 is 2.55 bits per heavy atom. The first-order valence-corrected chi connectivity index (χ1v) is 8.69. The molecule has 2 aromatic rings. The van der Waals surface area contributed by atoms with Crippen LogP contribution >= 0.6 is 0 Å². The monoisotopic (exact) mass is 407 g/mol. The van der Waals surface area contributed by atoms with Crippen molar-refractivity contribution in [1.29, 1.82) is 0 Å². The maximum Gasteiger partial charge on any atom is 0.306 e. The number of phenolic OH excluding ortho intramolecular Hbond substituents is 1. The van der Waals surface area contributed by atoms with Gasteiger partial charge in [0.15, 0.2) is 23.9 Å². The number of anilines is 1. The fraction of sp³-hybridized carbons (Fsp3) is 0.250. The van der Waals surface area contributed by atoms with Crippen molar-refractivity contribution in [1.82, 2.24) is 0 Å². The van der Waals surface area contributed by atoms with E-state index in [0.29, 0.717) is 6.61 Å². The third kappa shape index (κ3) is 6.56. The Balaban J connectivity index is 1.80.